The lowest BCUT2D eigenvalue weighted by Crippen LogP contribution is -2.30. The summed E-state index contributed by atoms with van der Waals surface area (Å²) >= 11 is 7.29. The lowest BCUT2D eigenvalue weighted by Gasteiger charge is -2.16. The summed E-state index contributed by atoms with van der Waals surface area (Å²) in [5, 5.41) is 3.99. The topological polar surface area (TPSA) is 77.5 Å². The molecule has 0 saturated carbocycles. The lowest BCUT2D eigenvalue weighted by molar-refractivity contribution is -0.123. The van der Waals surface area contributed by atoms with E-state index in [-0.39, 0.29) is 0 Å². The van der Waals surface area contributed by atoms with Crippen LogP contribution in [0.4, 0.5) is 5.69 Å². The highest BCUT2D eigenvalue weighted by Gasteiger charge is 2.23. The molecule has 0 aliphatic heterocycles. The van der Waals surface area contributed by atoms with Gasteiger partial charge in [0, 0.05) is 11.1 Å². The van der Waals surface area contributed by atoms with E-state index in [0.717, 1.165) is 10.6 Å². The molecule has 1 aromatic heterocycles. The Bertz CT molecular complexity index is 819. The Morgan fingerprint density at radius 3 is 2.52 bits per heavy atom. The molecule has 1 N–H and O–H groups in total. The molecule has 0 saturated heterocycles. The first-order valence-electron chi connectivity index (χ1n) is 7.53. The van der Waals surface area contributed by atoms with E-state index in [1.54, 1.807) is 26.0 Å². The van der Waals surface area contributed by atoms with Gasteiger partial charge in [0.1, 0.15) is 10.6 Å². The summed E-state index contributed by atoms with van der Waals surface area (Å²) in [4.78, 5) is 29.1. The molecule has 25 heavy (non-hydrogen) atoms. The number of amides is 1. The molecule has 6 nitrogen and oxygen atoms in total. The van der Waals surface area contributed by atoms with E-state index in [4.69, 9.17) is 21.1 Å². The molecule has 0 aliphatic rings. The molecule has 2 aromatic rings. The average Bonchev–Trinajstić information content (AvgIpc) is 2.89. The average molecular weight is 383 g/mol. The van der Waals surface area contributed by atoms with Crippen molar-refractivity contribution in [3.05, 3.63) is 38.3 Å². The summed E-state index contributed by atoms with van der Waals surface area (Å²) in [5.74, 6) is -0.603. The van der Waals surface area contributed by atoms with Crippen molar-refractivity contribution in [1.29, 1.82) is 0 Å². The maximum absolute atomic E-state index is 12.3. The summed E-state index contributed by atoms with van der Waals surface area (Å²) in [6, 6.07) is 3.32. The van der Waals surface area contributed by atoms with Crippen molar-refractivity contribution in [2.24, 2.45) is 0 Å². The minimum atomic E-state index is -0.977. The Kier molecular flexibility index (Phi) is 6.02. The number of thiazole rings is 1. The van der Waals surface area contributed by atoms with Gasteiger partial charge in [-0.15, -0.1) is 11.3 Å². The van der Waals surface area contributed by atoms with Gasteiger partial charge in [0.15, 0.2) is 6.10 Å². The monoisotopic (exact) mass is 382 g/mol. The number of hydrogen-bond acceptors (Lipinski definition) is 6. The number of benzene rings is 1. The van der Waals surface area contributed by atoms with Gasteiger partial charge in [0.05, 0.1) is 23.5 Å². The third-order valence-electron chi connectivity index (χ3n) is 3.48. The van der Waals surface area contributed by atoms with Crippen molar-refractivity contribution < 1.29 is 19.1 Å². The molecule has 1 aromatic carbocycles. The van der Waals surface area contributed by atoms with Crippen LogP contribution in [0.2, 0.25) is 5.02 Å². The van der Waals surface area contributed by atoms with Crippen LogP contribution in [0.3, 0.4) is 0 Å². The number of nitrogens with zero attached hydrogens (tertiary/aromatic N) is 1. The standard InChI is InChI=1S/C17H19ClN2O4S/c1-8-6-13(14(23-5)7-12(8)18)20-16(21)10(3)24-17(22)15-9(2)19-11(4)25-15/h6-7,10H,1-5H3,(H,20,21)/t10-/m1/s1. The number of esters is 1. The number of methoxy groups -OCH3 is 1. The normalized spacial score (nSPS) is 11.8. The van der Waals surface area contributed by atoms with E-state index in [2.05, 4.69) is 10.3 Å². The van der Waals surface area contributed by atoms with Crippen molar-refractivity contribution in [3.63, 3.8) is 0 Å². The van der Waals surface area contributed by atoms with Crippen LogP contribution < -0.4 is 10.1 Å². The fourth-order valence-electron chi connectivity index (χ4n) is 2.15. The predicted octanol–water partition coefficient (Wildman–Crippen LogP) is 3.91. The third-order valence-corrected chi connectivity index (χ3v) is 4.94. The number of nitrogens with one attached hydrogen (secondary N) is 1. The number of anilines is 1. The Hall–Kier alpha value is -2.12. The Morgan fingerprint density at radius 1 is 1.28 bits per heavy atom. The second-order valence-corrected chi connectivity index (χ2v) is 7.10. The number of carbonyl (C=O) groups excluding carboxylic acids is 2. The minimum absolute atomic E-state index is 0.400. The highest BCUT2D eigenvalue weighted by molar-refractivity contribution is 7.13. The Balaban J connectivity index is 2.09. The van der Waals surface area contributed by atoms with Crippen molar-refractivity contribution in [3.8, 4) is 5.75 Å². The van der Waals surface area contributed by atoms with Crippen LogP contribution in [0.15, 0.2) is 12.1 Å². The number of halogens is 1. The van der Waals surface area contributed by atoms with Gasteiger partial charge < -0.3 is 14.8 Å². The van der Waals surface area contributed by atoms with Crippen LogP contribution in [-0.2, 0) is 9.53 Å². The van der Waals surface area contributed by atoms with Crippen LogP contribution >= 0.6 is 22.9 Å². The molecule has 134 valence electrons. The highest BCUT2D eigenvalue weighted by Crippen LogP contribution is 2.31. The first kappa shape index (κ1) is 19.2. The van der Waals surface area contributed by atoms with Gasteiger partial charge in [-0.1, -0.05) is 11.6 Å². The van der Waals surface area contributed by atoms with Crippen LogP contribution in [0.5, 0.6) is 5.75 Å². The molecule has 0 aliphatic carbocycles. The van der Waals surface area contributed by atoms with Crippen LogP contribution in [0.25, 0.3) is 0 Å². The molecule has 1 amide bonds. The van der Waals surface area contributed by atoms with Gasteiger partial charge in [0.25, 0.3) is 5.91 Å². The van der Waals surface area contributed by atoms with Crippen LogP contribution in [0, 0.1) is 20.8 Å². The molecule has 8 heteroatoms. The summed E-state index contributed by atoms with van der Waals surface area (Å²) in [7, 11) is 1.48. The zero-order valence-electron chi connectivity index (χ0n) is 14.6. The number of hydrogen-bond donors (Lipinski definition) is 1. The molecule has 0 bridgehead atoms. The zero-order valence-corrected chi connectivity index (χ0v) is 16.2. The van der Waals surface area contributed by atoms with E-state index < -0.39 is 18.0 Å². The zero-order chi connectivity index (χ0) is 18.7. The second-order valence-electron chi connectivity index (χ2n) is 5.49. The first-order valence-corrected chi connectivity index (χ1v) is 8.72. The number of aromatic nitrogens is 1. The fraction of sp³-hybridized carbons (Fsp3) is 0.353. The van der Waals surface area contributed by atoms with Gasteiger partial charge in [-0.3, -0.25) is 4.79 Å². The lowest BCUT2D eigenvalue weighted by atomic mass is 10.2. The van der Waals surface area contributed by atoms with Crippen molar-refractivity contribution in [1.82, 2.24) is 4.98 Å². The molecule has 0 unspecified atom stereocenters. The highest BCUT2D eigenvalue weighted by atomic mass is 35.5. The summed E-state index contributed by atoms with van der Waals surface area (Å²) in [6.45, 7) is 6.85. The Labute approximate surface area is 155 Å². The van der Waals surface area contributed by atoms with E-state index in [0.29, 0.717) is 27.0 Å². The van der Waals surface area contributed by atoms with Gasteiger partial charge >= 0.3 is 5.97 Å². The summed E-state index contributed by atoms with van der Waals surface area (Å²) < 4.78 is 10.5. The second kappa shape index (κ2) is 7.84. The molecule has 0 radical (unpaired) electrons. The number of rotatable bonds is 5. The van der Waals surface area contributed by atoms with Crippen molar-refractivity contribution in [2.75, 3.05) is 12.4 Å². The van der Waals surface area contributed by atoms with E-state index in [1.165, 1.54) is 25.4 Å². The Morgan fingerprint density at radius 2 is 1.96 bits per heavy atom. The molecular formula is C17H19ClN2O4S. The van der Waals surface area contributed by atoms with Gasteiger partial charge in [0.2, 0.25) is 0 Å². The number of carbonyl (C=O) groups is 2. The SMILES string of the molecule is COc1cc(Cl)c(C)cc1NC(=O)[C@@H](C)OC(=O)c1sc(C)nc1C. The van der Waals surface area contributed by atoms with Gasteiger partial charge in [-0.2, -0.15) is 0 Å². The maximum Gasteiger partial charge on any atom is 0.351 e. The molecule has 1 heterocycles. The van der Waals surface area contributed by atoms with Gasteiger partial charge in [-0.05, 0) is 39.3 Å². The quantitative estimate of drug-likeness (QED) is 0.793. The molecule has 2 rings (SSSR count). The summed E-state index contributed by atoms with van der Waals surface area (Å²) in [6.07, 6.45) is -0.977. The first-order chi connectivity index (χ1) is 11.7. The van der Waals surface area contributed by atoms with Crippen LogP contribution in [0.1, 0.15) is 32.9 Å². The van der Waals surface area contributed by atoms with E-state index in [1.807, 2.05) is 6.92 Å². The van der Waals surface area contributed by atoms with Gasteiger partial charge in [-0.25, -0.2) is 9.78 Å². The smallest absolute Gasteiger partial charge is 0.351 e. The van der Waals surface area contributed by atoms with E-state index >= 15 is 0 Å². The van der Waals surface area contributed by atoms with Crippen molar-refractivity contribution >= 4 is 40.5 Å². The molecule has 1 atom stereocenters. The largest absolute Gasteiger partial charge is 0.495 e. The number of aryl methyl sites for hydroxylation is 3. The molecular weight excluding hydrogens is 364 g/mol. The minimum Gasteiger partial charge on any atom is -0.495 e. The molecule has 0 fully saturated rings. The molecule has 0 spiro atoms. The number of ether oxygens (including phenoxy) is 2. The van der Waals surface area contributed by atoms with E-state index in [9.17, 15) is 9.59 Å². The van der Waals surface area contributed by atoms with Crippen LogP contribution in [-0.4, -0.2) is 30.1 Å². The maximum atomic E-state index is 12.3. The summed E-state index contributed by atoms with van der Waals surface area (Å²) in [5.41, 5.74) is 1.84. The predicted molar refractivity (Wildman–Crippen MR) is 97.8 cm³/mol. The van der Waals surface area contributed by atoms with Crippen molar-refractivity contribution in [2.45, 2.75) is 33.8 Å². The third kappa shape index (κ3) is 4.49. The fourth-order valence-corrected chi connectivity index (χ4v) is 3.11.